The predicted molar refractivity (Wildman–Crippen MR) is 72.6 cm³/mol. The minimum absolute atomic E-state index is 0.196. The highest BCUT2D eigenvalue weighted by Crippen LogP contribution is 2.17. The van der Waals surface area contributed by atoms with Crippen molar-refractivity contribution in [3.05, 3.63) is 0 Å². The maximum atomic E-state index is 12.0. The Bertz CT molecular complexity index is 180. The van der Waals surface area contributed by atoms with E-state index in [0.29, 0.717) is 18.5 Å². The zero-order valence-electron chi connectivity index (χ0n) is 11.4. The molecule has 0 aromatic heterocycles. The third kappa shape index (κ3) is 7.49. The number of hydrogen-bond acceptors (Lipinski definition) is 3. The first-order valence-electron chi connectivity index (χ1n) is 6.15. The van der Waals surface area contributed by atoms with Gasteiger partial charge in [0.05, 0.1) is 6.04 Å². The number of nitrogens with one attached hydrogen (secondary N) is 1. The van der Waals surface area contributed by atoms with Crippen LogP contribution in [0.15, 0.2) is 0 Å². The summed E-state index contributed by atoms with van der Waals surface area (Å²) in [6.45, 7) is 11.1. The quantitative estimate of drug-likeness (QED) is 0.679. The highest BCUT2D eigenvalue weighted by molar-refractivity contribution is 7.90. The van der Waals surface area contributed by atoms with Crippen LogP contribution < -0.4 is 10.5 Å². The van der Waals surface area contributed by atoms with Crippen LogP contribution in [0.4, 0.5) is 0 Å². The van der Waals surface area contributed by atoms with Crippen molar-refractivity contribution in [2.75, 3.05) is 6.54 Å². The lowest BCUT2D eigenvalue weighted by atomic mass is 10.0. The number of nitrogens with two attached hydrogens (primary N) is 1. The molecule has 0 aliphatic carbocycles. The zero-order chi connectivity index (χ0) is 12.8. The van der Waals surface area contributed by atoms with Gasteiger partial charge in [-0.25, -0.2) is 0 Å². The van der Waals surface area contributed by atoms with E-state index in [0.717, 1.165) is 19.3 Å². The van der Waals surface area contributed by atoms with E-state index in [-0.39, 0.29) is 4.75 Å². The van der Waals surface area contributed by atoms with Gasteiger partial charge in [0.15, 0.2) is 0 Å². The molecule has 0 radical (unpaired) electrons. The van der Waals surface area contributed by atoms with Crippen LogP contribution >= 0.6 is 0 Å². The average molecular weight is 248 g/mol. The standard InChI is InChI=1S/C12H28N2OS/c1-10(2)9-11(7-6-8-13)14-16(15)12(3,4)5/h10-11,14H,6-9,13H2,1-5H3/t11-,16+/m0/s1. The molecule has 4 heteroatoms. The molecule has 0 heterocycles. The van der Waals surface area contributed by atoms with Gasteiger partial charge < -0.3 is 10.3 Å². The summed E-state index contributed by atoms with van der Waals surface area (Å²) in [6, 6.07) is 0.323. The molecule has 0 saturated heterocycles. The van der Waals surface area contributed by atoms with Crippen LogP contribution in [-0.2, 0) is 11.4 Å². The zero-order valence-corrected chi connectivity index (χ0v) is 12.2. The average Bonchev–Trinajstić information content (AvgIpc) is 2.11. The minimum atomic E-state index is -0.978. The Hall–Kier alpha value is 0.230. The molecule has 0 aliphatic rings. The molecule has 0 saturated carbocycles. The van der Waals surface area contributed by atoms with Gasteiger partial charge in [0.25, 0.3) is 0 Å². The maximum absolute atomic E-state index is 12.0. The van der Waals surface area contributed by atoms with Crippen molar-refractivity contribution in [3.8, 4) is 0 Å². The van der Waals surface area contributed by atoms with Gasteiger partial charge in [-0.05, 0) is 52.5 Å². The molecule has 3 N–H and O–H groups in total. The van der Waals surface area contributed by atoms with Gasteiger partial charge >= 0.3 is 0 Å². The summed E-state index contributed by atoms with van der Waals surface area (Å²) >= 11 is -0.978. The molecule has 0 unspecified atom stereocenters. The van der Waals surface area contributed by atoms with Crippen LogP contribution in [0.5, 0.6) is 0 Å². The van der Waals surface area contributed by atoms with Crippen LogP contribution in [0.2, 0.25) is 0 Å². The Morgan fingerprint density at radius 2 is 1.88 bits per heavy atom. The van der Waals surface area contributed by atoms with Gasteiger partial charge in [0.1, 0.15) is 4.75 Å². The Kier molecular flexibility index (Phi) is 7.64. The largest absolute Gasteiger partial charge is 0.598 e. The monoisotopic (exact) mass is 248 g/mol. The van der Waals surface area contributed by atoms with Crippen molar-refractivity contribution < 1.29 is 4.55 Å². The second-order valence-corrected chi connectivity index (χ2v) is 7.75. The fraction of sp³-hybridized carbons (Fsp3) is 1.00. The summed E-state index contributed by atoms with van der Waals surface area (Å²) in [7, 11) is 0. The Morgan fingerprint density at radius 1 is 1.31 bits per heavy atom. The molecular formula is C12H28N2OS. The van der Waals surface area contributed by atoms with Gasteiger partial charge in [-0.15, -0.1) is 4.72 Å². The van der Waals surface area contributed by atoms with E-state index in [9.17, 15) is 4.55 Å². The van der Waals surface area contributed by atoms with E-state index < -0.39 is 11.4 Å². The third-order valence-electron chi connectivity index (χ3n) is 2.34. The van der Waals surface area contributed by atoms with E-state index >= 15 is 0 Å². The lowest BCUT2D eigenvalue weighted by Crippen LogP contribution is -2.45. The van der Waals surface area contributed by atoms with Crippen molar-refractivity contribution in [2.24, 2.45) is 11.7 Å². The lowest BCUT2D eigenvalue weighted by molar-refractivity contribution is 0.426. The summed E-state index contributed by atoms with van der Waals surface area (Å²) in [5.74, 6) is 0.618. The second-order valence-electron chi connectivity index (χ2n) is 5.76. The smallest absolute Gasteiger partial charge is 0.136 e. The summed E-state index contributed by atoms with van der Waals surface area (Å²) < 4.78 is 15.0. The summed E-state index contributed by atoms with van der Waals surface area (Å²) in [4.78, 5) is 0. The van der Waals surface area contributed by atoms with E-state index in [4.69, 9.17) is 5.73 Å². The van der Waals surface area contributed by atoms with Crippen LogP contribution in [0.3, 0.4) is 0 Å². The first kappa shape index (κ1) is 16.2. The van der Waals surface area contributed by atoms with Crippen molar-refractivity contribution >= 4 is 11.4 Å². The van der Waals surface area contributed by atoms with Crippen molar-refractivity contribution in [1.82, 2.24) is 4.72 Å². The van der Waals surface area contributed by atoms with E-state index in [1.54, 1.807) is 0 Å². The molecule has 0 rings (SSSR count). The molecule has 98 valence electrons. The molecule has 0 aromatic carbocycles. The summed E-state index contributed by atoms with van der Waals surface area (Å²) in [6.07, 6.45) is 3.06. The lowest BCUT2D eigenvalue weighted by Gasteiger charge is -2.28. The Labute approximate surface area is 104 Å². The highest BCUT2D eigenvalue weighted by Gasteiger charge is 2.29. The molecule has 0 bridgehead atoms. The fourth-order valence-corrected chi connectivity index (χ4v) is 2.36. The van der Waals surface area contributed by atoms with E-state index in [1.165, 1.54) is 0 Å². The van der Waals surface area contributed by atoms with Crippen molar-refractivity contribution in [2.45, 2.75) is 64.7 Å². The van der Waals surface area contributed by atoms with Crippen LogP contribution in [0.25, 0.3) is 0 Å². The van der Waals surface area contributed by atoms with Crippen molar-refractivity contribution in [1.29, 1.82) is 0 Å². The van der Waals surface area contributed by atoms with E-state index in [2.05, 4.69) is 18.6 Å². The molecule has 2 atom stereocenters. The maximum Gasteiger partial charge on any atom is 0.136 e. The van der Waals surface area contributed by atoms with Crippen LogP contribution in [-0.4, -0.2) is 21.9 Å². The molecule has 0 amide bonds. The predicted octanol–water partition coefficient (Wildman–Crippen LogP) is 2.19. The summed E-state index contributed by atoms with van der Waals surface area (Å²) in [5, 5.41) is 0. The first-order valence-corrected chi connectivity index (χ1v) is 7.30. The van der Waals surface area contributed by atoms with Gasteiger partial charge in [0.2, 0.25) is 0 Å². The van der Waals surface area contributed by atoms with Crippen LogP contribution in [0.1, 0.15) is 53.9 Å². The van der Waals surface area contributed by atoms with Gasteiger partial charge in [-0.3, -0.25) is 0 Å². The number of hydrogen-bond donors (Lipinski definition) is 2. The first-order chi connectivity index (χ1) is 7.27. The Morgan fingerprint density at radius 3 is 2.25 bits per heavy atom. The molecule has 0 aliphatic heterocycles. The van der Waals surface area contributed by atoms with Crippen LogP contribution in [0, 0.1) is 5.92 Å². The molecule has 0 spiro atoms. The third-order valence-corrected chi connectivity index (χ3v) is 4.00. The van der Waals surface area contributed by atoms with Gasteiger partial charge in [-0.1, -0.05) is 13.8 Å². The van der Waals surface area contributed by atoms with Crippen molar-refractivity contribution in [3.63, 3.8) is 0 Å². The molecule has 3 nitrogen and oxygen atoms in total. The summed E-state index contributed by atoms with van der Waals surface area (Å²) in [5.41, 5.74) is 5.52. The number of rotatable bonds is 7. The Balaban J connectivity index is 4.18. The van der Waals surface area contributed by atoms with Gasteiger partial charge in [-0.2, -0.15) is 0 Å². The normalized spacial score (nSPS) is 16.5. The molecule has 16 heavy (non-hydrogen) atoms. The van der Waals surface area contributed by atoms with E-state index in [1.807, 2.05) is 20.8 Å². The van der Waals surface area contributed by atoms with Gasteiger partial charge in [0, 0.05) is 11.4 Å². The fourth-order valence-electron chi connectivity index (χ4n) is 1.49. The second kappa shape index (κ2) is 7.54. The highest BCUT2D eigenvalue weighted by atomic mass is 32.2. The molecule has 0 aromatic rings. The SMILES string of the molecule is CC(C)C[C@H](CCCN)N[S@+]([O-])C(C)(C)C. The molecular weight excluding hydrogens is 220 g/mol. The topological polar surface area (TPSA) is 61.1 Å². The molecule has 0 fully saturated rings. The minimum Gasteiger partial charge on any atom is -0.598 e.